The van der Waals surface area contributed by atoms with Gasteiger partial charge in [0.15, 0.2) is 0 Å². The fraction of sp³-hybridized carbons (Fsp3) is 0.167. The van der Waals surface area contributed by atoms with Crippen molar-refractivity contribution in [2.24, 2.45) is 0 Å². The van der Waals surface area contributed by atoms with Crippen molar-refractivity contribution in [1.29, 1.82) is 0 Å². The van der Waals surface area contributed by atoms with Gasteiger partial charge in [-0.3, -0.25) is 0 Å². The summed E-state index contributed by atoms with van der Waals surface area (Å²) in [5.74, 6) is 0.952. The van der Waals surface area contributed by atoms with Gasteiger partial charge in [-0.1, -0.05) is 80.6 Å². The topological polar surface area (TPSA) is 13.1 Å². The molecule has 1 aromatic heterocycles. The summed E-state index contributed by atoms with van der Waals surface area (Å²) in [5, 5.41) is 1.17. The summed E-state index contributed by atoms with van der Waals surface area (Å²) in [6.07, 6.45) is 2.10. The third-order valence-corrected chi connectivity index (χ3v) is 4.87. The quantitative estimate of drug-likeness (QED) is 0.398. The van der Waals surface area contributed by atoms with Crippen LogP contribution in [0.15, 0.2) is 77.2 Å². The molecular weight excluding hydrogens is 304 g/mol. The smallest absolute Gasteiger partial charge is 0.143 e. The van der Waals surface area contributed by atoms with Crippen LogP contribution in [-0.2, 0) is 12.8 Å². The molecule has 3 aromatic carbocycles. The monoisotopic (exact) mass is 326 g/mol. The first kappa shape index (κ1) is 15.7. The van der Waals surface area contributed by atoms with Crippen molar-refractivity contribution in [3.63, 3.8) is 0 Å². The minimum atomic E-state index is 0.937. The Labute approximate surface area is 148 Å². The molecule has 0 N–H and O–H groups in total. The Hall–Kier alpha value is -2.80. The molecule has 0 radical (unpaired) electrons. The Kier molecular flexibility index (Phi) is 4.15. The zero-order valence-corrected chi connectivity index (χ0v) is 14.8. The van der Waals surface area contributed by atoms with Crippen LogP contribution >= 0.6 is 0 Å². The predicted molar refractivity (Wildman–Crippen MR) is 106 cm³/mol. The van der Waals surface area contributed by atoms with Gasteiger partial charge in [0, 0.05) is 16.5 Å². The number of hydrogen-bond donors (Lipinski definition) is 0. The third-order valence-electron chi connectivity index (χ3n) is 4.87. The lowest BCUT2D eigenvalue weighted by molar-refractivity contribution is 0.632. The van der Waals surface area contributed by atoms with Crippen LogP contribution in [0.25, 0.3) is 33.4 Å². The maximum atomic E-state index is 6.27. The molecule has 0 amide bonds. The number of benzene rings is 3. The molecular formula is C24H22O. The lowest BCUT2D eigenvalue weighted by atomic mass is 9.97. The van der Waals surface area contributed by atoms with Gasteiger partial charge in [-0.25, -0.2) is 0 Å². The lowest BCUT2D eigenvalue weighted by Gasteiger charge is -2.06. The molecule has 0 saturated heterocycles. The van der Waals surface area contributed by atoms with Crippen molar-refractivity contribution in [1.82, 2.24) is 0 Å². The first-order chi connectivity index (χ1) is 12.3. The van der Waals surface area contributed by atoms with Crippen LogP contribution < -0.4 is 0 Å². The van der Waals surface area contributed by atoms with Crippen LogP contribution in [0.4, 0.5) is 0 Å². The second-order valence-electron chi connectivity index (χ2n) is 6.40. The second kappa shape index (κ2) is 6.60. The fourth-order valence-corrected chi connectivity index (χ4v) is 3.33. The van der Waals surface area contributed by atoms with E-state index < -0.39 is 0 Å². The lowest BCUT2D eigenvalue weighted by Crippen LogP contribution is -1.85. The Morgan fingerprint density at radius 3 is 1.80 bits per heavy atom. The Balaban J connectivity index is 1.93. The first-order valence-corrected chi connectivity index (χ1v) is 9.00. The molecule has 0 aliphatic rings. The highest BCUT2D eigenvalue weighted by Gasteiger charge is 2.17. The van der Waals surface area contributed by atoms with Gasteiger partial charge in [-0.05, 0) is 35.6 Å². The summed E-state index contributed by atoms with van der Waals surface area (Å²) < 4.78 is 6.27. The van der Waals surface area contributed by atoms with Crippen LogP contribution in [0.3, 0.4) is 0 Å². The highest BCUT2D eigenvalue weighted by atomic mass is 16.3. The normalized spacial score (nSPS) is 11.1. The summed E-state index contributed by atoms with van der Waals surface area (Å²) in [7, 11) is 0. The molecule has 1 heterocycles. The first-order valence-electron chi connectivity index (χ1n) is 9.00. The fourth-order valence-electron chi connectivity index (χ4n) is 3.33. The zero-order valence-electron chi connectivity index (χ0n) is 14.8. The van der Waals surface area contributed by atoms with Gasteiger partial charge in [-0.15, -0.1) is 0 Å². The van der Waals surface area contributed by atoms with E-state index in [9.17, 15) is 0 Å². The van der Waals surface area contributed by atoms with Crippen LogP contribution in [0, 0.1) is 0 Å². The van der Waals surface area contributed by atoms with Gasteiger partial charge in [0.1, 0.15) is 11.3 Å². The molecule has 0 spiro atoms. The molecule has 0 atom stereocenters. The Morgan fingerprint density at radius 2 is 1.20 bits per heavy atom. The van der Waals surface area contributed by atoms with Gasteiger partial charge in [0.25, 0.3) is 0 Å². The van der Waals surface area contributed by atoms with Crippen LogP contribution in [0.5, 0.6) is 0 Å². The van der Waals surface area contributed by atoms with Crippen molar-refractivity contribution in [2.75, 3.05) is 0 Å². The van der Waals surface area contributed by atoms with Crippen LogP contribution in [0.2, 0.25) is 0 Å². The van der Waals surface area contributed by atoms with E-state index in [2.05, 4.69) is 74.5 Å². The van der Waals surface area contributed by atoms with E-state index in [4.69, 9.17) is 4.42 Å². The van der Waals surface area contributed by atoms with Gasteiger partial charge in [-0.2, -0.15) is 0 Å². The standard InChI is InChI=1S/C24H22O/c1-3-17-9-13-19(14-10-17)23-21-7-5-6-8-22(21)25-24(23)20-15-11-18(4-2)12-16-20/h5-16H,3-4H2,1-2H3. The highest BCUT2D eigenvalue weighted by Crippen LogP contribution is 2.40. The van der Waals surface area contributed by atoms with E-state index in [1.54, 1.807) is 0 Å². The largest absolute Gasteiger partial charge is 0.455 e. The molecule has 4 aromatic rings. The Bertz CT molecular complexity index is 989. The van der Waals surface area contributed by atoms with Crippen molar-refractivity contribution in [2.45, 2.75) is 26.7 Å². The van der Waals surface area contributed by atoms with Crippen LogP contribution in [-0.4, -0.2) is 0 Å². The minimum absolute atomic E-state index is 0.937. The number of aryl methyl sites for hydroxylation is 2. The van der Waals surface area contributed by atoms with E-state index in [0.29, 0.717) is 0 Å². The van der Waals surface area contributed by atoms with E-state index in [1.807, 2.05) is 12.1 Å². The van der Waals surface area contributed by atoms with Gasteiger partial charge in [0.05, 0.1) is 0 Å². The molecule has 4 rings (SSSR count). The average Bonchev–Trinajstić information content (AvgIpc) is 3.07. The molecule has 0 aliphatic carbocycles. The van der Waals surface area contributed by atoms with Gasteiger partial charge < -0.3 is 4.42 Å². The molecule has 0 bridgehead atoms. The summed E-state index contributed by atoms with van der Waals surface area (Å²) >= 11 is 0. The molecule has 0 aliphatic heterocycles. The van der Waals surface area contributed by atoms with Gasteiger partial charge in [0.2, 0.25) is 0 Å². The maximum Gasteiger partial charge on any atom is 0.143 e. The average molecular weight is 326 g/mol. The number of hydrogen-bond acceptors (Lipinski definition) is 1. The van der Waals surface area contributed by atoms with E-state index in [1.165, 1.54) is 27.6 Å². The third kappa shape index (κ3) is 2.87. The summed E-state index contributed by atoms with van der Waals surface area (Å²) in [6, 6.07) is 25.8. The van der Waals surface area contributed by atoms with Gasteiger partial charge >= 0.3 is 0 Å². The summed E-state index contributed by atoms with van der Waals surface area (Å²) in [4.78, 5) is 0. The Morgan fingerprint density at radius 1 is 0.640 bits per heavy atom. The zero-order chi connectivity index (χ0) is 17.2. The molecule has 0 unspecified atom stereocenters. The number of rotatable bonds is 4. The molecule has 0 saturated carbocycles. The number of para-hydroxylation sites is 1. The molecule has 25 heavy (non-hydrogen) atoms. The van der Waals surface area contributed by atoms with Crippen molar-refractivity contribution in [3.05, 3.63) is 83.9 Å². The van der Waals surface area contributed by atoms with Crippen molar-refractivity contribution < 1.29 is 4.42 Å². The van der Waals surface area contributed by atoms with Crippen molar-refractivity contribution in [3.8, 4) is 22.5 Å². The molecule has 0 fully saturated rings. The number of fused-ring (bicyclic) bond motifs is 1. The van der Waals surface area contributed by atoms with Crippen LogP contribution in [0.1, 0.15) is 25.0 Å². The molecule has 1 heteroatoms. The predicted octanol–water partition coefficient (Wildman–Crippen LogP) is 6.89. The number of furan rings is 1. The highest BCUT2D eigenvalue weighted by molar-refractivity contribution is 6.01. The van der Waals surface area contributed by atoms with E-state index >= 15 is 0 Å². The van der Waals surface area contributed by atoms with E-state index in [-0.39, 0.29) is 0 Å². The molecule has 124 valence electrons. The molecule has 1 nitrogen and oxygen atoms in total. The minimum Gasteiger partial charge on any atom is -0.455 e. The maximum absolute atomic E-state index is 6.27. The SMILES string of the molecule is CCc1ccc(-c2oc3ccccc3c2-c2ccc(CC)cc2)cc1. The summed E-state index contributed by atoms with van der Waals surface area (Å²) in [5.41, 5.74) is 7.15. The van der Waals surface area contributed by atoms with E-state index in [0.717, 1.165) is 29.7 Å². The van der Waals surface area contributed by atoms with Crippen molar-refractivity contribution >= 4 is 11.0 Å². The second-order valence-corrected chi connectivity index (χ2v) is 6.40. The summed E-state index contributed by atoms with van der Waals surface area (Å²) in [6.45, 7) is 4.36.